The van der Waals surface area contributed by atoms with E-state index in [-0.39, 0.29) is 6.17 Å². The molecular weight excluding hydrogens is 557 g/mol. The fourth-order valence-corrected chi connectivity index (χ4v) is 7.55. The molecule has 0 saturated carbocycles. The van der Waals surface area contributed by atoms with Crippen molar-refractivity contribution in [1.29, 1.82) is 0 Å². The molecule has 8 aromatic rings. The first-order valence-corrected chi connectivity index (χ1v) is 15.6. The van der Waals surface area contributed by atoms with Crippen LogP contribution in [0.3, 0.4) is 0 Å². The molecule has 1 atom stereocenters. The van der Waals surface area contributed by atoms with Gasteiger partial charge in [0.15, 0.2) is 5.84 Å². The number of amidine groups is 2. The van der Waals surface area contributed by atoms with E-state index >= 15 is 0 Å². The lowest BCUT2D eigenvalue weighted by Crippen LogP contribution is -2.33. The molecule has 0 amide bonds. The minimum Gasteiger partial charge on any atom is -0.344 e. The maximum Gasteiger partial charge on any atom is 0.159 e. The van der Waals surface area contributed by atoms with E-state index in [4.69, 9.17) is 9.98 Å². The Morgan fingerprint density at radius 2 is 1.16 bits per heavy atom. The van der Waals surface area contributed by atoms with E-state index in [0.717, 1.165) is 28.4 Å². The molecule has 44 heavy (non-hydrogen) atoms. The molecule has 6 aromatic carbocycles. The maximum absolute atomic E-state index is 5.08. The smallest absolute Gasteiger partial charge is 0.159 e. The molecule has 0 aliphatic carbocycles. The van der Waals surface area contributed by atoms with E-state index in [1.807, 2.05) is 35.6 Å². The first-order valence-electron chi connectivity index (χ1n) is 14.8. The van der Waals surface area contributed by atoms with E-state index in [1.165, 1.54) is 47.7 Å². The number of aliphatic imine (C=N–C) groups is 2. The van der Waals surface area contributed by atoms with Crippen LogP contribution in [0.2, 0.25) is 0 Å². The van der Waals surface area contributed by atoms with Crippen molar-refractivity contribution in [2.24, 2.45) is 9.98 Å². The number of hydrogen-bond acceptors (Lipinski definition) is 4. The van der Waals surface area contributed by atoms with Crippen LogP contribution in [0.4, 0.5) is 0 Å². The number of nitrogens with zero attached hydrogens (tertiary/aromatic N) is 3. The summed E-state index contributed by atoms with van der Waals surface area (Å²) in [6.45, 7) is 0. The number of thiophene rings is 1. The first-order chi connectivity index (χ1) is 21.8. The lowest BCUT2D eigenvalue weighted by Gasteiger charge is -2.23. The van der Waals surface area contributed by atoms with Crippen molar-refractivity contribution in [3.63, 3.8) is 0 Å². The average molecular weight is 583 g/mol. The lowest BCUT2D eigenvalue weighted by atomic mass is 10.1. The molecular formula is C39H26N4S. The fourth-order valence-electron chi connectivity index (χ4n) is 6.37. The summed E-state index contributed by atoms with van der Waals surface area (Å²) in [4.78, 5) is 10.1. The van der Waals surface area contributed by atoms with Gasteiger partial charge in [0.05, 0.1) is 11.0 Å². The summed E-state index contributed by atoms with van der Waals surface area (Å²) >= 11 is 1.82. The third-order valence-electron chi connectivity index (χ3n) is 8.46. The zero-order valence-corrected chi connectivity index (χ0v) is 24.5. The molecule has 5 heteroatoms. The molecule has 0 saturated heterocycles. The quantitative estimate of drug-likeness (QED) is 0.221. The summed E-state index contributed by atoms with van der Waals surface area (Å²) in [6.07, 6.45) is -0.217. The highest BCUT2D eigenvalue weighted by Gasteiger charge is 2.21. The Balaban J connectivity index is 1.17. The Hall–Kier alpha value is -5.52. The highest BCUT2D eigenvalue weighted by molar-refractivity contribution is 7.25. The van der Waals surface area contributed by atoms with Crippen LogP contribution in [0.15, 0.2) is 156 Å². The molecule has 4 nitrogen and oxygen atoms in total. The molecule has 0 radical (unpaired) electrons. The molecule has 1 aliphatic rings. The molecule has 1 unspecified atom stereocenters. The number of para-hydroxylation sites is 2. The number of fused-ring (bicyclic) bond motifs is 6. The molecule has 0 bridgehead atoms. The summed E-state index contributed by atoms with van der Waals surface area (Å²) in [5.41, 5.74) is 6.78. The van der Waals surface area contributed by atoms with Crippen molar-refractivity contribution in [3.05, 3.63) is 162 Å². The Bertz CT molecular complexity index is 2360. The van der Waals surface area contributed by atoms with Crippen LogP contribution in [0.5, 0.6) is 0 Å². The zero-order chi connectivity index (χ0) is 29.0. The van der Waals surface area contributed by atoms with Gasteiger partial charge < -0.3 is 9.88 Å². The van der Waals surface area contributed by atoms with Gasteiger partial charge >= 0.3 is 0 Å². The van der Waals surface area contributed by atoms with Gasteiger partial charge in [-0.1, -0.05) is 115 Å². The molecule has 3 heterocycles. The predicted octanol–water partition coefficient (Wildman–Crippen LogP) is 9.65. The summed E-state index contributed by atoms with van der Waals surface area (Å²) in [5.74, 6) is 1.57. The van der Waals surface area contributed by atoms with Crippen LogP contribution < -0.4 is 5.32 Å². The SMILES string of the molecule is c1ccc(C2=NC(c3ccc4c(c3)sc3cc(-n5c6ccccc6c6ccccc65)ccc34)=NC(c3ccccc3)N2)cc1. The van der Waals surface area contributed by atoms with E-state index in [1.54, 1.807) is 0 Å². The fraction of sp³-hybridized carbons (Fsp3) is 0.0256. The van der Waals surface area contributed by atoms with Crippen molar-refractivity contribution in [1.82, 2.24) is 9.88 Å². The minimum atomic E-state index is -0.217. The molecule has 9 rings (SSSR count). The van der Waals surface area contributed by atoms with Crippen LogP contribution in [0.25, 0.3) is 47.7 Å². The lowest BCUT2D eigenvalue weighted by molar-refractivity contribution is 0.674. The van der Waals surface area contributed by atoms with Crippen molar-refractivity contribution in [2.75, 3.05) is 0 Å². The number of aromatic nitrogens is 1. The van der Waals surface area contributed by atoms with Crippen LogP contribution in [-0.2, 0) is 0 Å². The van der Waals surface area contributed by atoms with Crippen molar-refractivity contribution >= 4 is 65.0 Å². The predicted molar refractivity (Wildman–Crippen MR) is 186 cm³/mol. The minimum absolute atomic E-state index is 0.217. The average Bonchev–Trinajstić information content (AvgIpc) is 3.63. The maximum atomic E-state index is 5.08. The largest absolute Gasteiger partial charge is 0.344 e. The summed E-state index contributed by atoms with van der Waals surface area (Å²) in [6, 6.07) is 51.4. The van der Waals surface area contributed by atoms with Gasteiger partial charge in [-0.05, 0) is 35.9 Å². The van der Waals surface area contributed by atoms with Crippen molar-refractivity contribution in [3.8, 4) is 5.69 Å². The van der Waals surface area contributed by atoms with Gasteiger partial charge in [-0.25, -0.2) is 9.98 Å². The van der Waals surface area contributed by atoms with E-state index in [0.29, 0.717) is 0 Å². The Morgan fingerprint density at radius 3 is 1.89 bits per heavy atom. The topological polar surface area (TPSA) is 41.7 Å². The van der Waals surface area contributed by atoms with Gasteiger partial charge in [0.25, 0.3) is 0 Å². The monoisotopic (exact) mass is 582 g/mol. The van der Waals surface area contributed by atoms with Crippen LogP contribution in [-0.4, -0.2) is 16.2 Å². The highest BCUT2D eigenvalue weighted by atomic mass is 32.1. The second-order valence-corrected chi connectivity index (χ2v) is 12.2. The number of nitrogens with one attached hydrogen (secondary N) is 1. The van der Waals surface area contributed by atoms with E-state index in [9.17, 15) is 0 Å². The second-order valence-electron chi connectivity index (χ2n) is 11.1. The van der Waals surface area contributed by atoms with Gasteiger partial charge in [0.2, 0.25) is 0 Å². The molecule has 1 aliphatic heterocycles. The molecule has 0 fully saturated rings. The van der Waals surface area contributed by atoms with Gasteiger partial charge in [0, 0.05) is 47.8 Å². The van der Waals surface area contributed by atoms with Gasteiger partial charge in [-0.15, -0.1) is 11.3 Å². The third-order valence-corrected chi connectivity index (χ3v) is 9.57. The summed E-state index contributed by atoms with van der Waals surface area (Å²) in [5, 5.41) is 8.62. The number of benzene rings is 6. The summed E-state index contributed by atoms with van der Waals surface area (Å²) < 4.78 is 4.87. The third kappa shape index (κ3) is 4.05. The Labute approximate surface area is 258 Å². The number of rotatable bonds is 4. The van der Waals surface area contributed by atoms with E-state index in [2.05, 4.69) is 131 Å². The van der Waals surface area contributed by atoms with Crippen LogP contribution in [0, 0.1) is 0 Å². The van der Waals surface area contributed by atoms with Crippen LogP contribution >= 0.6 is 11.3 Å². The second kappa shape index (κ2) is 10.0. The Kier molecular flexibility index (Phi) is 5.71. The molecule has 0 spiro atoms. The van der Waals surface area contributed by atoms with Crippen molar-refractivity contribution in [2.45, 2.75) is 6.17 Å². The van der Waals surface area contributed by atoms with Gasteiger partial charge in [-0.3, -0.25) is 0 Å². The summed E-state index contributed by atoms with van der Waals surface area (Å²) in [7, 11) is 0. The van der Waals surface area contributed by atoms with Crippen molar-refractivity contribution < 1.29 is 0 Å². The normalized spacial score (nSPS) is 15.0. The van der Waals surface area contributed by atoms with Crippen LogP contribution in [0.1, 0.15) is 22.9 Å². The van der Waals surface area contributed by atoms with Gasteiger partial charge in [0.1, 0.15) is 12.0 Å². The molecule has 1 N–H and O–H groups in total. The molecule has 2 aromatic heterocycles. The highest BCUT2D eigenvalue weighted by Crippen LogP contribution is 2.38. The standard InChI is InChI=1S/C39H26N4S/c1-3-11-25(12-4-1)37-40-38(26-13-5-2-6-14-26)42-39(41-37)27-19-21-31-32-22-20-28(24-36(32)44-35(31)23-27)43-33-17-9-7-15-29(33)30-16-8-10-18-34(30)43/h1-24,37H,(H,40,41,42). The Morgan fingerprint density at radius 1 is 0.545 bits per heavy atom. The zero-order valence-electron chi connectivity index (χ0n) is 23.7. The van der Waals surface area contributed by atoms with E-state index < -0.39 is 0 Å². The number of hydrogen-bond donors (Lipinski definition) is 1. The first kappa shape index (κ1) is 25.0. The van der Waals surface area contributed by atoms with Gasteiger partial charge in [-0.2, -0.15) is 0 Å². The molecule has 208 valence electrons.